The van der Waals surface area contributed by atoms with Crippen LogP contribution in [0.1, 0.15) is 17.0 Å². The largest absolute Gasteiger partial charge is 0.495 e. The van der Waals surface area contributed by atoms with E-state index in [1.807, 2.05) is 30.3 Å². The quantitative estimate of drug-likeness (QED) is 0.233. The summed E-state index contributed by atoms with van der Waals surface area (Å²) in [5, 5.41) is 10.1. The van der Waals surface area contributed by atoms with Gasteiger partial charge in [-0.1, -0.05) is 59.6 Å². The van der Waals surface area contributed by atoms with E-state index in [1.54, 1.807) is 26.1 Å². The van der Waals surface area contributed by atoms with Crippen LogP contribution in [0, 0.1) is 0 Å². The number of fused-ring (bicyclic) bond motifs is 1. The van der Waals surface area contributed by atoms with Crippen molar-refractivity contribution < 1.29 is 13.2 Å². The van der Waals surface area contributed by atoms with Crippen molar-refractivity contribution in [1.29, 1.82) is 0 Å². The van der Waals surface area contributed by atoms with Crippen molar-refractivity contribution in [1.82, 2.24) is 24.6 Å². The van der Waals surface area contributed by atoms with Gasteiger partial charge in [-0.25, -0.2) is 23.2 Å². The molecule has 2 aromatic heterocycles. The van der Waals surface area contributed by atoms with E-state index < -0.39 is 10.0 Å². The van der Waals surface area contributed by atoms with Gasteiger partial charge in [-0.2, -0.15) is 0 Å². The number of H-pyrrole nitrogens is 1. The van der Waals surface area contributed by atoms with Gasteiger partial charge in [0.15, 0.2) is 11.5 Å². The Balaban J connectivity index is 1.21. The molecule has 3 heterocycles. The number of aromatic amines is 1. The fourth-order valence-corrected chi connectivity index (χ4v) is 7.11. The number of sulfonamides is 1. The smallest absolute Gasteiger partial charge is 0.264 e. The van der Waals surface area contributed by atoms with Gasteiger partial charge in [-0.3, -0.25) is 9.69 Å². The fraction of sp³-hybridized carbons (Fsp3) is 0.281. The van der Waals surface area contributed by atoms with Crippen LogP contribution in [-0.2, 0) is 23.0 Å². The zero-order chi connectivity index (χ0) is 33.5. The summed E-state index contributed by atoms with van der Waals surface area (Å²) < 4.78 is 30.7. The first-order valence-corrected chi connectivity index (χ1v) is 17.1. The number of nitrogens with two attached hydrogens (primary N) is 1. The normalized spacial score (nSPS) is 14.1. The zero-order valence-corrected chi connectivity index (χ0v) is 28.4. The van der Waals surface area contributed by atoms with E-state index in [4.69, 9.17) is 38.1 Å². The van der Waals surface area contributed by atoms with Crippen molar-refractivity contribution in [2.45, 2.75) is 17.9 Å². The average Bonchev–Trinajstić information content (AvgIpc) is 3.41. The molecule has 1 fully saturated rings. The highest BCUT2D eigenvalue weighted by Gasteiger charge is 2.24. The number of primary sulfonamides is 1. The lowest BCUT2D eigenvalue weighted by atomic mass is 10.1. The van der Waals surface area contributed by atoms with Gasteiger partial charge in [0.05, 0.1) is 27.7 Å². The number of hydrogen-bond donors (Lipinski definition) is 2. The number of para-hydroxylation sites is 2. The third kappa shape index (κ3) is 6.81. The second-order valence-corrected chi connectivity index (χ2v) is 13.9. The molecule has 6 rings (SSSR count). The van der Waals surface area contributed by atoms with Crippen LogP contribution in [0.15, 0.2) is 70.4 Å². The van der Waals surface area contributed by atoms with Gasteiger partial charge in [0.1, 0.15) is 22.6 Å². The predicted octanol–water partition coefficient (Wildman–Crippen LogP) is 4.05. The number of methoxy groups -OCH3 is 1. The topological polar surface area (TPSA) is 143 Å². The van der Waals surface area contributed by atoms with Crippen LogP contribution in [0.2, 0.25) is 10.0 Å². The average molecular weight is 698 g/mol. The van der Waals surface area contributed by atoms with Gasteiger partial charge in [-0.05, 0) is 35.4 Å². The van der Waals surface area contributed by atoms with E-state index in [0.717, 1.165) is 49.7 Å². The maximum Gasteiger partial charge on any atom is 0.264 e. The Labute approximate surface area is 282 Å². The third-order valence-electron chi connectivity index (χ3n) is 8.12. The predicted molar refractivity (Wildman–Crippen MR) is 185 cm³/mol. The second kappa shape index (κ2) is 13.2. The molecule has 15 heteroatoms. The van der Waals surface area contributed by atoms with Crippen LogP contribution in [0.25, 0.3) is 16.7 Å². The van der Waals surface area contributed by atoms with Gasteiger partial charge in [0, 0.05) is 53.2 Å². The van der Waals surface area contributed by atoms with Crippen molar-refractivity contribution >= 4 is 55.8 Å². The number of ether oxygens (including phenoxy) is 1. The maximum atomic E-state index is 13.4. The number of halogens is 2. The Bertz CT molecular complexity index is 2090. The number of piperazine rings is 1. The summed E-state index contributed by atoms with van der Waals surface area (Å²) in [7, 11) is 1.13. The summed E-state index contributed by atoms with van der Waals surface area (Å²) in [5.41, 5.74) is 3.30. The van der Waals surface area contributed by atoms with Crippen LogP contribution in [0.3, 0.4) is 0 Å². The molecule has 12 nitrogen and oxygen atoms in total. The van der Waals surface area contributed by atoms with Crippen LogP contribution in [0.5, 0.6) is 5.75 Å². The highest BCUT2D eigenvalue weighted by atomic mass is 35.5. The summed E-state index contributed by atoms with van der Waals surface area (Å²) in [6, 6.07) is 18.8. The van der Waals surface area contributed by atoms with Crippen LogP contribution in [-0.4, -0.2) is 80.5 Å². The minimum Gasteiger partial charge on any atom is -0.495 e. The van der Waals surface area contributed by atoms with Crippen molar-refractivity contribution in [3.63, 3.8) is 0 Å². The molecule has 0 unspecified atom stereocenters. The molecule has 5 aromatic rings. The molecule has 246 valence electrons. The third-order valence-corrected chi connectivity index (χ3v) is 9.59. The monoisotopic (exact) mass is 696 g/mol. The lowest BCUT2D eigenvalue weighted by molar-refractivity contribution is 0.249. The van der Waals surface area contributed by atoms with Crippen LogP contribution < -0.4 is 25.2 Å². The molecule has 47 heavy (non-hydrogen) atoms. The van der Waals surface area contributed by atoms with E-state index in [9.17, 15) is 13.2 Å². The molecule has 0 radical (unpaired) electrons. The number of hydrogen-bond acceptors (Lipinski definition) is 9. The summed E-state index contributed by atoms with van der Waals surface area (Å²) in [6.07, 6.45) is 0.358. The first-order chi connectivity index (χ1) is 22.4. The van der Waals surface area contributed by atoms with Gasteiger partial charge in [0.2, 0.25) is 10.0 Å². The van der Waals surface area contributed by atoms with Crippen LogP contribution >= 0.6 is 23.2 Å². The Morgan fingerprint density at radius 2 is 1.62 bits per heavy atom. The molecule has 0 bridgehead atoms. The van der Waals surface area contributed by atoms with E-state index in [0.29, 0.717) is 18.1 Å². The molecule has 0 atom stereocenters. The van der Waals surface area contributed by atoms with E-state index in [1.165, 1.54) is 22.4 Å². The number of rotatable bonds is 9. The second-order valence-electron chi connectivity index (χ2n) is 11.5. The summed E-state index contributed by atoms with van der Waals surface area (Å²) in [5.74, 6) is 1.65. The van der Waals surface area contributed by atoms with Gasteiger partial charge < -0.3 is 19.5 Å². The first-order valence-electron chi connectivity index (χ1n) is 14.8. The van der Waals surface area contributed by atoms with Crippen molar-refractivity contribution in [3.05, 3.63) is 98.0 Å². The minimum absolute atomic E-state index is 0.0170. The number of nitrogens with one attached hydrogen (secondary N) is 1. The summed E-state index contributed by atoms with van der Waals surface area (Å²) in [4.78, 5) is 27.3. The van der Waals surface area contributed by atoms with E-state index in [-0.39, 0.29) is 37.2 Å². The molecular formula is C32H34Cl2N8O4S. The SMILES string of the molecule is COc1ccccc1N1CCN(Cc2ccc(Cc3nc4c(c(N(C)C)nn4-c4c(Cl)cc(S(N)(=O)=O)cc4Cl)c(=O)[nH]3)cc2)CC1. The van der Waals surface area contributed by atoms with Crippen molar-refractivity contribution in [2.75, 3.05) is 57.2 Å². The number of aromatic nitrogens is 4. The molecular weight excluding hydrogens is 663 g/mol. The Hall–Kier alpha value is -4.14. The van der Waals surface area contributed by atoms with E-state index in [2.05, 4.69) is 38.1 Å². The van der Waals surface area contributed by atoms with Crippen molar-refractivity contribution in [3.8, 4) is 11.4 Å². The number of anilines is 2. The molecule has 1 aliphatic rings. The molecule has 0 spiro atoms. The lowest BCUT2D eigenvalue weighted by Gasteiger charge is -2.36. The molecule has 1 saturated heterocycles. The van der Waals surface area contributed by atoms with Gasteiger partial charge in [0.25, 0.3) is 5.56 Å². The zero-order valence-electron chi connectivity index (χ0n) is 26.1. The summed E-state index contributed by atoms with van der Waals surface area (Å²) in [6.45, 7) is 4.54. The Morgan fingerprint density at radius 3 is 2.23 bits per heavy atom. The van der Waals surface area contributed by atoms with Gasteiger partial charge in [-0.15, -0.1) is 5.10 Å². The Kier molecular flexibility index (Phi) is 9.18. The molecule has 3 N–H and O–H groups in total. The number of nitrogens with zero attached hydrogens (tertiary/aromatic N) is 6. The van der Waals surface area contributed by atoms with Gasteiger partial charge >= 0.3 is 0 Å². The molecule has 0 aliphatic carbocycles. The van der Waals surface area contributed by atoms with Crippen LogP contribution in [0.4, 0.5) is 11.5 Å². The minimum atomic E-state index is -4.06. The highest BCUT2D eigenvalue weighted by molar-refractivity contribution is 7.89. The molecule has 0 saturated carbocycles. The molecule has 1 aliphatic heterocycles. The molecule has 0 amide bonds. The Morgan fingerprint density at radius 1 is 0.979 bits per heavy atom. The first kappa shape index (κ1) is 32.8. The number of benzene rings is 3. The fourth-order valence-electron chi connectivity index (χ4n) is 5.77. The molecule has 3 aromatic carbocycles. The highest BCUT2D eigenvalue weighted by Crippen LogP contribution is 2.35. The van der Waals surface area contributed by atoms with E-state index >= 15 is 0 Å². The maximum absolute atomic E-state index is 13.4. The standard InChI is InChI=1S/C32H34Cl2N8O4S/c1-39(2)31-28-30(42(38-31)29-23(33)17-22(18-24(29)34)47(35,44)45)36-27(37-32(28)43)16-20-8-10-21(11-9-20)19-40-12-14-41(15-13-40)25-6-4-5-7-26(25)46-3/h4-11,17-18H,12-16,19H2,1-3H3,(H2,35,44,45)(H,36,37,43). The van der Waals surface area contributed by atoms with Crippen molar-refractivity contribution in [2.24, 2.45) is 5.14 Å². The lowest BCUT2D eigenvalue weighted by Crippen LogP contribution is -2.46. The summed E-state index contributed by atoms with van der Waals surface area (Å²) >= 11 is 13.0.